The summed E-state index contributed by atoms with van der Waals surface area (Å²) < 4.78 is 8.31. The molecule has 0 saturated heterocycles. The van der Waals surface area contributed by atoms with Crippen LogP contribution in [-0.4, -0.2) is 122 Å². The number of carbonyl (C=O) groups is 4. The van der Waals surface area contributed by atoms with Gasteiger partial charge in [-0.15, -0.1) is 34.0 Å². The molecule has 0 bridgehead atoms. The van der Waals surface area contributed by atoms with Crippen molar-refractivity contribution < 1.29 is 23.9 Å². The Labute approximate surface area is 691 Å². The molecule has 0 unspecified atom stereocenters. The van der Waals surface area contributed by atoms with E-state index in [2.05, 4.69) is 79.0 Å². The minimum absolute atomic E-state index is 0.0293. The van der Waals surface area contributed by atoms with Gasteiger partial charge in [-0.25, -0.2) is 29.9 Å². The summed E-state index contributed by atoms with van der Waals surface area (Å²) in [7, 11) is 10.0. The number of benzene rings is 6. The van der Waals surface area contributed by atoms with Crippen LogP contribution in [0.5, 0.6) is 5.75 Å². The minimum Gasteiger partial charge on any atom is -0.497 e. The first-order chi connectivity index (χ1) is 55.5. The highest BCUT2D eigenvalue weighted by molar-refractivity contribution is 7.17. The molecule has 0 radical (unpaired) electrons. The van der Waals surface area contributed by atoms with Crippen molar-refractivity contribution in [1.29, 1.82) is 21.0 Å². The molecule has 4 aliphatic heterocycles. The number of hydrogen-bond donors (Lipinski definition) is 4. The molecule has 25 nitrogen and oxygen atoms in total. The lowest BCUT2D eigenvalue weighted by Crippen LogP contribution is -2.52. The van der Waals surface area contributed by atoms with Crippen molar-refractivity contribution in [3.63, 3.8) is 0 Å². The van der Waals surface area contributed by atoms with E-state index in [0.717, 1.165) is 99.0 Å². The number of methoxy groups -OCH3 is 1. The number of nitriles is 4. The molecule has 11 aromatic rings. The second-order valence-corrected chi connectivity index (χ2v) is 33.6. The zero-order chi connectivity index (χ0) is 84.4. The summed E-state index contributed by atoms with van der Waals surface area (Å²) >= 11 is 4.74. The van der Waals surface area contributed by atoms with Crippen molar-refractivity contribution in [2.24, 2.45) is 50.0 Å². The molecular weight excluding hydrogens is 1530 g/mol. The second kappa shape index (κ2) is 32.8. The van der Waals surface area contributed by atoms with Gasteiger partial charge in [0.25, 0.3) is 0 Å². The molecule has 0 fully saturated rings. The number of rotatable bonds is 13. The van der Waals surface area contributed by atoms with Crippen LogP contribution in [-0.2, 0) is 59.2 Å². The van der Waals surface area contributed by atoms with Crippen molar-refractivity contribution in [1.82, 2.24) is 39.3 Å². The summed E-state index contributed by atoms with van der Waals surface area (Å²) in [6, 6.07) is 59.4. The van der Waals surface area contributed by atoms with Crippen LogP contribution in [0.25, 0.3) is 54.7 Å². The highest BCUT2D eigenvalue weighted by Gasteiger charge is 2.50. The molecule has 0 spiro atoms. The first kappa shape index (κ1) is 82.9. The van der Waals surface area contributed by atoms with E-state index in [-0.39, 0.29) is 60.3 Å². The third-order valence-corrected chi connectivity index (χ3v) is 25.3. The molecule has 15 rings (SSSR count). The standard InChI is InChI=1S/2C27H25N5OS.C21H21N3O2S.C14H17N7O/c2*1-26(2,16-29)21-10-8-18(9-11-21)23-24(33)32(4)25(30)31-27(23,3)22-13-20(15-34-22)19-7-5-6-17(12-19)14-28;1-21(12-18(25)24(2)20(22)23-21)15-9-14-7-8-27-19(14)17(11-15)13-5-4-6-16(10-13)26-3;1-14(5-12(22)20(2)13(15)18-14)11-4-10(19-21(11)3)9-6-16-8-17-7-9/h2*5-13,15,23H,1-4H3,(H2,30,31);4-11H,12H2,1-3H3,(H2,22,23);4,6-8H,5H2,1-3H3,(H2,15,18)/t23-,27+;23-,27-;21-;14-/m0100/s1. The summed E-state index contributed by atoms with van der Waals surface area (Å²) in [6.07, 6.45) is 5.39. The Bertz CT molecular complexity index is 5800. The van der Waals surface area contributed by atoms with Crippen LogP contribution in [0.3, 0.4) is 0 Å². The van der Waals surface area contributed by atoms with Crippen molar-refractivity contribution in [3.8, 4) is 74.7 Å². The van der Waals surface area contributed by atoms with Gasteiger partial charge in [0, 0.05) is 67.6 Å². The number of ether oxygens (including phenoxy) is 1. The maximum absolute atomic E-state index is 13.5. The fraction of sp³-hybridized carbons (Fsp3) is 0.270. The first-order valence-corrected chi connectivity index (χ1v) is 39.8. The number of nitrogens with two attached hydrogens (primary N) is 4. The van der Waals surface area contributed by atoms with Gasteiger partial charge >= 0.3 is 0 Å². The van der Waals surface area contributed by atoms with Gasteiger partial charge in [0.2, 0.25) is 23.6 Å². The van der Waals surface area contributed by atoms with Crippen molar-refractivity contribution in [2.75, 3.05) is 35.3 Å². The van der Waals surface area contributed by atoms with E-state index in [1.165, 1.54) is 53.3 Å². The maximum atomic E-state index is 13.5. The fourth-order valence-corrected chi connectivity index (χ4v) is 17.6. The monoisotopic (exact) mass is 1610 g/mol. The number of fused-ring (bicyclic) bond motifs is 1. The molecule has 8 N–H and O–H groups in total. The van der Waals surface area contributed by atoms with Gasteiger partial charge in [-0.3, -0.25) is 43.5 Å². The Morgan fingerprint density at radius 3 is 1.41 bits per heavy atom. The molecule has 117 heavy (non-hydrogen) atoms. The van der Waals surface area contributed by atoms with Gasteiger partial charge in [-0.05, 0) is 211 Å². The molecule has 592 valence electrons. The number of aryl methyl sites for hydroxylation is 1. The Hall–Kier alpha value is -13.5. The zero-order valence-electron chi connectivity index (χ0n) is 67.3. The van der Waals surface area contributed by atoms with Crippen LogP contribution in [0.4, 0.5) is 0 Å². The van der Waals surface area contributed by atoms with E-state index in [4.69, 9.17) is 37.7 Å². The molecular formula is C89H88N20O5S3. The van der Waals surface area contributed by atoms with Crippen LogP contribution in [0, 0.1) is 45.3 Å². The molecule has 6 aromatic carbocycles. The molecule has 9 heterocycles. The van der Waals surface area contributed by atoms with E-state index >= 15 is 0 Å². The predicted molar refractivity (Wildman–Crippen MR) is 459 cm³/mol. The lowest BCUT2D eigenvalue weighted by molar-refractivity contribution is -0.131. The van der Waals surface area contributed by atoms with Crippen LogP contribution >= 0.6 is 34.0 Å². The lowest BCUT2D eigenvalue weighted by Gasteiger charge is -2.40. The third kappa shape index (κ3) is 16.5. The van der Waals surface area contributed by atoms with E-state index < -0.39 is 44.8 Å². The number of thiophene rings is 3. The number of carbonyl (C=O) groups excluding carboxylic acids is 4. The van der Waals surface area contributed by atoms with Crippen molar-refractivity contribution in [2.45, 2.75) is 113 Å². The van der Waals surface area contributed by atoms with E-state index in [1.807, 2.05) is 195 Å². The van der Waals surface area contributed by atoms with Crippen LogP contribution in [0.15, 0.2) is 213 Å². The topological polar surface area (TPSA) is 383 Å². The highest BCUT2D eigenvalue weighted by Crippen LogP contribution is 2.50. The third-order valence-electron chi connectivity index (χ3n) is 22.0. The molecule has 5 aromatic heterocycles. The Morgan fingerprint density at radius 1 is 0.496 bits per heavy atom. The van der Waals surface area contributed by atoms with Gasteiger partial charge in [-0.2, -0.15) is 26.1 Å². The molecule has 28 heteroatoms. The lowest BCUT2D eigenvalue weighted by atomic mass is 9.76. The summed E-state index contributed by atoms with van der Waals surface area (Å²) in [4.78, 5) is 85.6. The molecule has 0 saturated carbocycles. The highest BCUT2D eigenvalue weighted by atomic mass is 32.1. The van der Waals surface area contributed by atoms with Gasteiger partial charge in [0.15, 0.2) is 23.8 Å². The average Bonchev–Trinajstić information content (AvgIpc) is 1.45. The Kier molecular flexibility index (Phi) is 23.2. The largest absolute Gasteiger partial charge is 0.497 e. The van der Waals surface area contributed by atoms with E-state index in [0.29, 0.717) is 11.1 Å². The summed E-state index contributed by atoms with van der Waals surface area (Å²) in [6.45, 7) is 15.2. The second-order valence-electron chi connectivity index (χ2n) is 30.9. The van der Waals surface area contributed by atoms with E-state index in [1.54, 1.807) is 75.8 Å². The van der Waals surface area contributed by atoms with Gasteiger partial charge in [-0.1, -0.05) is 84.9 Å². The number of aliphatic imine (C=N–C) groups is 4. The molecule has 4 aliphatic rings. The molecule has 6 atom stereocenters. The number of hydrogen-bond acceptors (Lipinski definition) is 23. The number of nitrogens with zero attached hydrogens (tertiary/aromatic N) is 16. The Balaban J connectivity index is 0.000000145. The quantitative estimate of drug-likeness (QED) is 0.0833. The summed E-state index contributed by atoms with van der Waals surface area (Å²) in [5.41, 5.74) is 33.6. The summed E-state index contributed by atoms with van der Waals surface area (Å²) in [5.74, 6) is 0.0885. The molecule has 4 amide bonds. The Morgan fingerprint density at radius 2 is 0.949 bits per heavy atom. The van der Waals surface area contributed by atoms with Crippen LogP contribution in [0.1, 0.15) is 134 Å². The first-order valence-electron chi connectivity index (χ1n) is 37.2. The van der Waals surface area contributed by atoms with Gasteiger partial charge < -0.3 is 27.7 Å². The summed E-state index contributed by atoms with van der Waals surface area (Å²) in [5, 5.41) is 49.2. The maximum Gasteiger partial charge on any atom is 0.239 e. The molecule has 0 aliphatic carbocycles. The van der Waals surface area contributed by atoms with Crippen molar-refractivity contribution in [3.05, 3.63) is 247 Å². The number of amides is 4. The average molecular weight is 1610 g/mol. The van der Waals surface area contributed by atoms with E-state index in [9.17, 15) is 40.2 Å². The van der Waals surface area contributed by atoms with Crippen LogP contribution in [0.2, 0.25) is 0 Å². The zero-order valence-corrected chi connectivity index (χ0v) is 69.7. The number of aromatic nitrogens is 4. The van der Waals surface area contributed by atoms with Gasteiger partial charge in [0.1, 0.15) is 28.7 Å². The normalized spacial score (nSPS) is 20.6. The fourth-order valence-electron chi connectivity index (χ4n) is 14.6. The van der Waals surface area contributed by atoms with Crippen molar-refractivity contribution >= 4 is 91.6 Å². The number of guanidine groups is 4. The van der Waals surface area contributed by atoms with Gasteiger partial charge in [0.05, 0.1) is 94.9 Å². The SMILES string of the molecule is CN1C(=O)C[C@@](C)(c2cc(-c3cncnc3)nn2C)N=C1N.CN1C(=O)[C@@H](c2ccc(C(C)(C)C#N)cc2)[C@@](C)(c2cc(-c3cccc(C#N)c3)cs2)N=C1N.CN1C(=O)[C@H](c2ccc(C(C)(C)C#N)cc2)[C@@](C)(c2cc(-c3cccc(C#N)c3)cs2)N=C1N.COc1cccc(-c2cc([C@]3(C)CC(=O)N(C)C(N)=N3)cc3ccsc23)c1. The van der Waals surface area contributed by atoms with Crippen LogP contribution < -0.4 is 27.7 Å². The smallest absolute Gasteiger partial charge is 0.239 e. The number of likely N-dealkylation sites (N-methyl/N-ethyl adjacent to an activating group) is 2. The minimum atomic E-state index is -0.907. The predicted octanol–water partition coefficient (Wildman–Crippen LogP) is 14.0.